The second-order valence-electron chi connectivity index (χ2n) is 7.46. The molecule has 2 heterocycles. The Kier molecular flexibility index (Phi) is 6.93. The van der Waals surface area contributed by atoms with Crippen molar-refractivity contribution in [1.82, 2.24) is 4.98 Å². The van der Waals surface area contributed by atoms with Gasteiger partial charge in [-0.1, -0.05) is 39.7 Å². The first-order chi connectivity index (χ1) is 13.3. The molecule has 28 heavy (non-hydrogen) atoms. The lowest BCUT2D eigenvalue weighted by molar-refractivity contribution is -0.0979. The first kappa shape index (κ1) is 21.6. The van der Waals surface area contributed by atoms with Gasteiger partial charge in [-0.25, -0.2) is 4.98 Å². The largest absolute Gasteiger partial charge is 0.387 e. The molecule has 5 heteroatoms. The highest BCUT2D eigenvalue weighted by molar-refractivity contribution is 7.25. The third-order valence-corrected chi connectivity index (χ3v) is 5.55. The Morgan fingerprint density at radius 3 is 2.54 bits per heavy atom. The van der Waals surface area contributed by atoms with Crippen LogP contribution in [-0.2, 0) is 4.79 Å². The van der Waals surface area contributed by atoms with E-state index in [1.54, 1.807) is 11.3 Å². The summed E-state index contributed by atoms with van der Waals surface area (Å²) in [6.07, 6.45) is 0.907. The van der Waals surface area contributed by atoms with Crippen molar-refractivity contribution in [2.45, 2.75) is 47.1 Å². The van der Waals surface area contributed by atoms with Crippen LogP contribution in [0.5, 0.6) is 0 Å². The Morgan fingerprint density at radius 2 is 1.93 bits per heavy atom. The van der Waals surface area contributed by atoms with E-state index < -0.39 is 0 Å². The zero-order valence-electron chi connectivity index (χ0n) is 17.2. The molecule has 0 radical (unpaired) electrons. The normalized spacial score (nSPS) is 12.8. The molecule has 0 aliphatic rings. The number of hydrogen-bond donors (Lipinski definition) is 1. The molecule has 0 saturated heterocycles. The van der Waals surface area contributed by atoms with E-state index in [2.05, 4.69) is 63.8 Å². The second-order valence-corrected chi connectivity index (χ2v) is 8.55. The van der Waals surface area contributed by atoms with Crippen LogP contribution in [0, 0.1) is 17.3 Å². The average molecular weight is 394 g/mol. The van der Waals surface area contributed by atoms with Gasteiger partial charge in [0.05, 0.1) is 22.1 Å². The van der Waals surface area contributed by atoms with E-state index >= 15 is 0 Å². The second kappa shape index (κ2) is 8.99. The minimum Gasteiger partial charge on any atom is -0.387 e. The van der Waals surface area contributed by atoms with E-state index in [1.165, 1.54) is 20.3 Å². The highest BCUT2D eigenvalue weighted by Gasteiger charge is 2.19. The standard InChI is InChI=1S/C22H25N3S.CH2O/c1-6-8-15-10-12-19-20(24-15)16-13-14(9-11-18(16)26-19)17(7-2)25-21(23)22(3,4)5;1-2/h9-13,17H,7H2,1-5H3,(H2,23,25);1H2. The van der Waals surface area contributed by atoms with Crippen molar-refractivity contribution in [2.24, 2.45) is 16.1 Å². The smallest absolute Gasteiger partial charge is 0.113 e. The van der Waals surface area contributed by atoms with Crippen LogP contribution in [0.15, 0.2) is 35.3 Å². The first-order valence-electron chi connectivity index (χ1n) is 9.22. The summed E-state index contributed by atoms with van der Waals surface area (Å²) in [5.74, 6) is 6.67. The molecule has 4 nitrogen and oxygen atoms in total. The zero-order chi connectivity index (χ0) is 20.9. The number of pyridine rings is 1. The summed E-state index contributed by atoms with van der Waals surface area (Å²) in [6.45, 7) is 12.3. The number of carbonyl (C=O) groups excluding carboxylic acids is 1. The van der Waals surface area contributed by atoms with Crippen LogP contribution in [0.3, 0.4) is 0 Å². The molecule has 0 fully saturated rings. The third-order valence-electron chi connectivity index (χ3n) is 4.42. The van der Waals surface area contributed by atoms with Gasteiger partial charge in [0.2, 0.25) is 0 Å². The fourth-order valence-electron chi connectivity index (χ4n) is 2.83. The maximum absolute atomic E-state index is 8.00. The number of rotatable bonds is 3. The summed E-state index contributed by atoms with van der Waals surface area (Å²) in [4.78, 5) is 17.6. The van der Waals surface area contributed by atoms with E-state index in [1.807, 2.05) is 19.8 Å². The van der Waals surface area contributed by atoms with E-state index in [9.17, 15) is 0 Å². The predicted octanol–water partition coefficient (Wildman–Crippen LogP) is 5.49. The molecule has 3 rings (SSSR count). The minimum atomic E-state index is -0.123. The van der Waals surface area contributed by atoms with Crippen molar-refractivity contribution < 1.29 is 4.79 Å². The van der Waals surface area contributed by atoms with Gasteiger partial charge in [0.25, 0.3) is 0 Å². The minimum absolute atomic E-state index is 0.0622. The van der Waals surface area contributed by atoms with Gasteiger partial charge in [-0.3, -0.25) is 4.99 Å². The van der Waals surface area contributed by atoms with Crippen molar-refractivity contribution in [3.05, 3.63) is 41.6 Å². The summed E-state index contributed by atoms with van der Waals surface area (Å²) in [5, 5.41) is 1.17. The van der Waals surface area contributed by atoms with Gasteiger partial charge in [-0.2, -0.15) is 0 Å². The van der Waals surface area contributed by atoms with E-state index in [0.717, 1.165) is 17.6 Å². The molecule has 0 aliphatic carbocycles. The average Bonchev–Trinajstić information content (AvgIpc) is 3.04. The quantitative estimate of drug-likeness (QED) is 0.363. The maximum atomic E-state index is 8.00. The number of fused-ring (bicyclic) bond motifs is 3. The van der Waals surface area contributed by atoms with Crippen LogP contribution in [0.25, 0.3) is 20.3 Å². The van der Waals surface area contributed by atoms with Crippen molar-refractivity contribution in [3.8, 4) is 11.8 Å². The Morgan fingerprint density at radius 1 is 1.25 bits per heavy atom. The Bertz CT molecular complexity index is 1060. The number of nitrogens with zero attached hydrogens (tertiary/aromatic N) is 2. The number of aromatic nitrogens is 1. The SMILES string of the molecule is C=O.CC#Cc1ccc2sc3ccc(C(CC)N=C(N)C(C)(C)C)cc3c2n1. The van der Waals surface area contributed by atoms with Crippen LogP contribution in [0.1, 0.15) is 58.3 Å². The monoisotopic (exact) mass is 393 g/mol. The molecule has 0 spiro atoms. The molecule has 0 aliphatic heterocycles. The van der Waals surface area contributed by atoms with Gasteiger partial charge >= 0.3 is 0 Å². The number of carbonyl (C=O) groups is 1. The van der Waals surface area contributed by atoms with Gasteiger partial charge < -0.3 is 10.5 Å². The molecule has 0 amide bonds. The lowest BCUT2D eigenvalue weighted by atomic mass is 9.94. The molecule has 3 aromatic rings. The molecule has 1 atom stereocenters. The summed E-state index contributed by atoms with van der Waals surface area (Å²) in [7, 11) is 0. The van der Waals surface area contributed by atoms with E-state index in [4.69, 9.17) is 20.5 Å². The molecule has 2 aromatic heterocycles. The van der Waals surface area contributed by atoms with Crippen molar-refractivity contribution in [2.75, 3.05) is 0 Å². The van der Waals surface area contributed by atoms with Crippen LogP contribution < -0.4 is 5.73 Å². The van der Waals surface area contributed by atoms with Gasteiger partial charge in [-0.05, 0) is 49.1 Å². The summed E-state index contributed by atoms with van der Waals surface area (Å²) in [6, 6.07) is 10.7. The molecule has 0 bridgehead atoms. The number of amidine groups is 1. The van der Waals surface area contributed by atoms with Crippen molar-refractivity contribution in [3.63, 3.8) is 0 Å². The van der Waals surface area contributed by atoms with Crippen molar-refractivity contribution >= 4 is 44.3 Å². The van der Waals surface area contributed by atoms with Crippen LogP contribution in [-0.4, -0.2) is 17.6 Å². The highest BCUT2D eigenvalue weighted by Crippen LogP contribution is 2.35. The van der Waals surface area contributed by atoms with Crippen LogP contribution in [0.4, 0.5) is 0 Å². The van der Waals surface area contributed by atoms with Gasteiger partial charge in [0, 0.05) is 15.5 Å². The molecule has 1 aromatic carbocycles. The van der Waals surface area contributed by atoms with E-state index in [-0.39, 0.29) is 11.5 Å². The Balaban J connectivity index is 0.00000136. The maximum Gasteiger partial charge on any atom is 0.113 e. The highest BCUT2D eigenvalue weighted by atomic mass is 32.1. The van der Waals surface area contributed by atoms with Crippen LogP contribution in [0.2, 0.25) is 0 Å². The number of benzene rings is 1. The zero-order valence-corrected chi connectivity index (χ0v) is 18.0. The molecular weight excluding hydrogens is 366 g/mol. The summed E-state index contributed by atoms with van der Waals surface area (Å²) < 4.78 is 2.42. The number of aliphatic imine (C=N–C) groups is 1. The Hall–Kier alpha value is -2.71. The fraction of sp³-hybridized carbons (Fsp3) is 0.348. The number of nitrogens with two attached hydrogens (primary N) is 1. The van der Waals surface area contributed by atoms with E-state index in [0.29, 0.717) is 5.84 Å². The van der Waals surface area contributed by atoms with Gasteiger partial charge in [0.15, 0.2) is 0 Å². The molecular formula is C23H27N3OS. The molecule has 0 saturated carbocycles. The third kappa shape index (κ3) is 4.58. The topological polar surface area (TPSA) is 68.3 Å². The fourth-order valence-corrected chi connectivity index (χ4v) is 3.86. The lowest BCUT2D eigenvalue weighted by Gasteiger charge is -2.20. The van der Waals surface area contributed by atoms with Crippen molar-refractivity contribution in [1.29, 1.82) is 0 Å². The number of hydrogen-bond acceptors (Lipinski definition) is 4. The lowest BCUT2D eigenvalue weighted by Crippen LogP contribution is -2.29. The Labute approximate surface area is 170 Å². The van der Waals surface area contributed by atoms with Crippen LogP contribution >= 0.6 is 11.3 Å². The summed E-state index contributed by atoms with van der Waals surface area (Å²) >= 11 is 1.76. The van der Waals surface area contributed by atoms with Gasteiger partial charge in [0.1, 0.15) is 12.5 Å². The summed E-state index contributed by atoms with van der Waals surface area (Å²) in [5.41, 5.74) is 9.12. The predicted molar refractivity (Wildman–Crippen MR) is 121 cm³/mol. The molecule has 146 valence electrons. The first-order valence-corrected chi connectivity index (χ1v) is 10.0. The molecule has 1 unspecified atom stereocenters. The number of thiophene rings is 1. The molecule has 2 N–H and O–H groups in total. The van der Waals surface area contributed by atoms with Gasteiger partial charge in [-0.15, -0.1) is 11.3 Å².